The van der Waals surface area contributed by atoms with E-state index in [0.29, 0.717) is 11.4 Å². The molecule has 0 aliphatic heterocycles. The van der Waals surface area contributed by atoms with E-state index in [2.05, 4.69) is 20.5 Å². The maximum atomic E-state index is 14.1. The second kappa shape index (κ2) is 12.9. The fourth-order valence-corrected chi connectivity index (χ4v) is 5.07. The Morgan fingerprint density at radius 3 is 2.48 bits per heavy atom. The summed E-state index contributed by atoms with van der Waals surface area (Å²) in [4.78, 5) is 44.2. The number of hydrogen-bond donors (Lipinski definition) is 4. The predicted octanol–water partition coefficient (Wildman–Crippen LogP) is 3.44. The molecule has 4 aromatic rings. The van der Waals surface area contributed by atoms with Crippen molar-refractivity contribution in [3.63, 3.8) is 0 Å². The summed E-state index contributed by atoms with van der Waals surface area (Å²) in [5.41, 5.74) is 1.32. The Balaban J connectivity index is 1.93. The first-order valence-electron chi connectivity index (χ1n) is 12.4. The van der Waals surface area contributed by atoms with Gasteiger partial charge in [-0.3, -0.25) is 28.2 Å². The highest BCUT2D eigenvalue weighted by Crippen LogP contribution is 2.31. The second-order valence-corrected chi connectivity index (χ2v) is 10.7. The molecule has 13 nitrogen and oxygen atoms in total. The smallest absolute Gasteiger partial charge is 0.261 e. The van der Waals surface area contributed by atoms with Crippen LogP contribution in [0.25, 0.3) is 10.9 Å². The summed E-state index contributed by atoms with van der Waals surface area (Å²) in [6.07, 6.45) is 0. The fourth-order valence-electron chi connectivity index (χ4n) is 4.42. The number of rotatable bonds is 10. The first kappa shape index (κ1) is 31.0. The number of halogens is 2. The Labute approximate surface area is 252 Å². The van der Waals surface area contributed by atoms with E-state index >= 15 is 0 Å². The molecule has 0 aliphatic carbocycles. The summed E-state index contributed by atoms with van der Waals surface area (Å²) in [6, 6.07) is 7.73. The molecule has 42 heavy (non-hydrogen) atoms. The molecule has 2 amide bonds. The number of fused-ring (bicyclic) bond motifs is 1. The SMILES string of the molecule is COc1ccc(NS(=O)O)cc1NC(=O)C(c1nc2cc(Cl)c(Cl)cc2c(=O)n1CCNC(C)=O)n1nc(C)cc1C. The summed E-state index contributed by atoms with van der Waals surface area (Å²) in [6.45, 7) is 4.90. The number of aryl methyl sites for hydroxylation is 2. The van der Waals surface area contributed by atoms with Crippen LogP contribution in [0.15, 0.2) is 41.2 Å². The van der Waals surface area contributed by atoms with Crippen molar-refractivity contribution in [3.8, 4) is 5.75 Å². The van der Waals surface area contributed by atoms with Gasteiger partial charge in [-0.15, -0.1) is 0 Å². The molecular weight excluding hydrogens is 609 g/mol. The molecule has 0 saturated carbocycles. The second-order valence-electron chi connectivity index (χ2n) is 9.22. The monoisotopic (exact) mass is 635 g/mol. The minimum atomic E-state index is -2.36. The Hall–Kier alpha value is -3.98. The number of carbonyl (C=O) groups is 2. The number of aromatic nitrogens is 4. The Morgan fingerprint density at radius 1 is 1.14 bits per heavy atom. The third-order valence-corrected chi connectivity index (χ3v) is 7.31. The van der Waals surface area contributed by atoms with Gasteiger partial charge in [-0.2, -0.15) is 5.10 Å². The van der Waals surface area contributed by atoms with Crippen LogP contribution in [0.5, 0.6) is 5.75 Å². The number of benzene rings is 2. The van der Waals surface area contributed by atoms with Gasteiger partial charge in [-0.1, -0.05) is 23.2 Å². The lowest BCUT2D eigenvalue weighted by Crippen LogP contribution is -2.38. The molecule has 0 fully saturated rings. The van der Waals surface area contributed by atoms with E-state index in [4.69, 9.17) is 32.9 Å². The zero-order valence-electron chi connectivity index (χ0n) is 22.9. The minimum Gasteiger partial charge on any atom is -0.495 e. The van der Waals surface area contributed by atoms with E-state index in [9.17, 15) is 23.1 Å². The molecule has 0 bridgehead atoms. The number of hydrogen-bond acceptors (Lipinski definition) is 7. The molecule has 2 heterocycles. The van der Waals surface area contributed by atoms with Crippen LogP contribution < -0.4 is 25.7 Å². The van der Waals surface area contributed by atoms with Crippen LogP contribution in [-0.4, -0.2) is 53.6 Å². The van der Waals surface area contributed by atoms with Gasteiger partial charge >= 0.3 is 0 Å². The Bertz CT molecular complexity index is 1770. The van der Waals surface area contributed by atoms with E-state index in [1.165, 1.54) is 53.6 Å². The molecular formula is C26H27Cl2N7O6S. The molecule has 0 saturated heterocycles. The molecule has 2 aromatic carbocycles. The quantitative estimate of drug-likeness (QED) is 0.192. The lowest BCUT2D eigenvalue weighted by Gasteiger charge is -2.23. The third kappa shape index (κ3) is 6.73. The fraction of sp³-hybridized carbons (Fsp3) is 0.269. The Kier molecular flexibility index (Phi) is 9.51. The lowest BCUT2D eigenvalue weighted by molar-refractivity contribution is -0.119. The maximum absolute atomic E-state index is 14.1. The van der Waals surface area contributed by atoms with Crippen molar-refractivity contribution in [1.29, 1.82) is 0 Å². The topological polar surface area (TPSA) is 169 Å². The van der Waals surface area contributed by atoms with Gasteiger partial charge in [-0.25, -0.2) is 13.9 Å². The van der Waals surface area contributed by atoms with Crippen molar-refractivity contribution in [2.75, 3.05) is 23.7 Å². The van der Waals surface area contributed by atoms with E-state index < -0.39 is 28.8 Å². The molecule has 0 spiro atoms. The average Bonchev–Trinajstić information content (AvgIpc) is 3.24. The number of nitrogens with zero attached hydrogens (tertiary/aromatic N) is 4. The zero-order valence-corrected chi connectivity index (χ0v) is 25.2. The van der Waals surface area contributed by atoms with Crippen molar-refractivity contribution in [2.45, 2.75) is 33.4 Å². The highest BCUT2D eigenvalue weighted by atomic mass is 35.5. The summed E-state index contributed by atoms with van der Waals surface area (Å²) in [5, 5.41) is 10.4. The zero-order chi connectivity index (χ0) is 30.7. The minimum absolute atomic E-state index is 0.0182. The lowest BCUT2D eigenvalue weighted by atomic mass is 10.1. The van der Waals surface area contributed by atoms with Crippen LogP contribution in [0.2, 0.25) is 10.0 Å². The van der Waals surface area contributed by atoms with Gasteiger partial charge in [0.1, 0.15) is 11.6 Å². The molecule has 4 N–H and O–H groups in total. The number of ether oxygens (including phenoxy) is 1. The number of methoxy groups -OCH3 is 1. The number of nitrogens with one attached hydrogen (secondary N) is 3. The highest BCUT2D eigenvalue weighted by Gasteiger charge is 2.31. The van der Waals surface area contributed by atoms with Gasteiger partial charge in [0.25, 0.3) is 22.7 Å². The largest absolute Gasteiger partial charge is 0.495 e. The third-order valence-electron chi connectivity index (χ3n) is 6.18. The average molecular weight is 637 g/mol. The van der Waals surface area contributed by atoms with Crippen LogP contribution in [0.4, 0.5) is 11.4 Å². The van der Waals surface area contributed by atoms with Gasteiger partial charge in [0, 0.05) is 25.7 Å². The van der Waals surface area contributed by atoms with E-state index in [1.807, 2.05) is 0 Å². The summed E-state index contributed by atoms with van der Waals surface area (Å²) in [5.74, 6) is -0.669. The van der Waals surface area contributed by atoms with Crippen LogP contribution in [0.1, 0.15) is 30.2 Å². The molecule has 4 rings (SSSR count). The van der Waals surface area contributed by atoms with Crippen LogP contribution in [-0.2, 0) is 27.4 Å². The summed E-state index contributed by atoms with van der Waals surface area (Å²) in [7, 11) is 1.40. The van der Waals surface area contributed by atoms with E-state index in [-0.39, 0.29) is 62.9 Å². The normalized spacial score (nSPS) is 12.5. The van der Waals surface area contributed by atoms with Crippen molar-refractivity contribution in [2.24, 2.45) is 0 Å². The van der Waals surface area contributed by atoms with Crippen molar-refractivity contribution < 1.29 is 23.1 Å². The standard InChI is InChI=1S/C26H27Cl2N7O6S/c1-13-9-14(2)35(32-13)23(25(37)31-21-10-16(33-42(39)40)5-6-22(21)41-4)24-30-20-12-19(28)18(27)11-17(20)26(38)34(24)8-7-29-15(3)36/h5-6,9-12,23,33H,7-8H2,1-4H3,(H,29,36)(H,31,37)(H,39,40). The summed E-state index contributed by atoms with van der Waals surface area (Å²) < 4.78 is 31.0. The van der Waals surface area contributed by atoms with Crippen LogP contribution in [0, 0.1) is 13.8 Å². The van der Waals surface area contributed by atoms with Crippen LogP contribution >= 0.6 is 23.2 Å². The van der Waals surface area contributed by atoms with Gasteiger partial charge < -0.3 is 15.4 Å². The van der Waals surface area contributed by atoms with E-state index in [0.717, 1.165) is 0 Å². The van der Waals surface area contributed by atoms with Crippen molar-refractivity contribution in [3.05, 3.63) is 74.0 Å². The number of anilines is 2. The first-order chi connectivity index (χ1) is 19.9. The Morgan fingerprint density at radius 2 is 1.86 bits per heavy atom. The molecule has 0 radical (unpaired) electrons. The maximum Gasteiger partial charge on any atom is 0.261 e. The first-order valence-corrected chi connectivity index (χ1v) is 14.3. The molecule has 0 aliphatic rings. The van der Waals surface area contributed by atoms with Crippen molar-refractivity contribution >= 4 is 68.6 Å². The molecule has 16 heteroatoms. The molecule has 2 atom stereocenters. The van der Waals surface area contributed by atoms with Gasteiger partial charge in [0.15, 0.2) is 6.04 Å². The van der Waals surface area contributed by atoms with E-state index in [1.54, 1.807) is 19.9 Å². The van der Waals surface area contributed by atoms with Gasteiger partial charge in [-0.05, 0) is 50.2 Å². The number of amides is 2. The molecule has 222 valence electrons. The van der Waals surface area contributed by atoms with Crippen molar-refractivity contribution in [1.82, 2.24) is 24.6 Å². The predicted molar refractivity (Wildman–Crippen MR) is 161 cm³/mol. The summed E-state index contributed by atoms with van der Waals surface area (Å²) >= 11 is 10.1. The number of carbonyl (C=O) groups excluding carboxylic acids is 2. The van der Waals surface area contributed by atoms with Gasteiger partial charge in [0.2, 0.25) is 5.91 Å². The highest BCUT2D eigenvalue weighted by molar-refractivity contribution is 7.80. The van der Waals surface area contributed by atoms with Gasteiger partial charge in [0.05, 0.1) is 45.1 Å². The van der Waals surface area contributed by atoms with Crippen LogP contribution in [0.3, 0.4) is 0 Å². The molecule has 2 unspecified atom stereocenters. The molecule has 2 aromatic heterocycles.